The van der Waals surface area contributed by atoms with E-state index in [1.807, 2.05) is 19.1 Å². The van der Waals surface area contributed by atoms with Crippen molar-refractivity contribution < 1.29 is 14.6 Å². The first-order valence-electron chi connectivity index (χ1n) is 12.2. The summed E-state index contributed by atoms with van der Waals surface area (Å²) in [6.45, 7) is 9.58. The smallest absolute Gasteiger partial charge is 0.253 e. The SMILES string of the molecule is CCOc1cccc(CN2CCc3nnc(C(CC(C)C)NC(=O)c4cccnc4)n3CC2)c1O. The van der Waals surface area contributed by atoms with E-state index in [0.29, 0.717) is 36.9 Å². The molecule has 0 fully saturated rings. The molecule has 4 rings (SSSR count). The molecule has 9 nitrogen and oxygen atoms in total. The number of fused-ring (bicyclic) bond motifs is 1. The third kappa shape index (κ3) is 5.97. The number of para-hydroxylation sites is 1. The molecular formula is C26H34N6O3. The van der Waals surface area contributed by atoms with Crippen molar-refractivity contribution in [1.82, 2.24) is 30.0 Å². The zero-order valence-electron chi connectivity index (χ0n) is 20.6. The maximum Gasteiger partial charge on any atom is 0.253 e. The molecule has 0 spiro atoms. The Kier molecular flexibility index (Phi) is 7.97. The highest BCUT2D eigenvalue weighted by atomic mass is 16.5. The molecule has 1 unspecified atom stereocenters. The number of rotatable bonds is 9. The summed E-state index contributed by atoms with van der Waals surface area (Å²) in [6, 6.07) is 8.89. The fraction of sp³-hybridized carbons (Fsp3) is 0.462. The highest BCUT2D eigenvalue weighted by Gasteiger charge is 2.26. The van der Waals surface area contributed by atoms with E-state index in [-0.39, 0.29) is 17.7 Å². The van der Waals surface area contributed by atoms with Crippen LogP contribution in [-0.4, -0.2) is 55.4 Å². The Morgan fingerprint density at radius 1 is 1.17 bits per heavy atom. The Morgan fingerprint density at radius 2 is 2.03 bits per heavy atom. The second-order valence-corrected chi connectivity index (χ2v) is 9.25. The molecule has 1 atom stereocenters. The van der Waals surface area contributed by atoms with Crippen LogP contribution in [-0.2, 0) is 19.5 Å². The Morgan fingerprint density at radius 3 is 2.77 bits per heavy atom. The number of pyridine rings is 1. The summed E-state index contributed by atoms with van der Waals surface area (Å²) in [5.41, 5.74) is 1.37. The van der Waals surface area contributed by atoms with E-state index in [2.05, 4.69) is 43.8 Å². The molecule has 35 heavy (non-hydrogen) atoms. The first-order chi connectivity index (χ1) is 17.0. The van der Waals surface area contributed by atoms with Crippen LogP contribution in [0, 0.1) is 5.92 Å². The van der Waals surface area contributed by atoms with Crippen LogP contribution in [0.3, 0.4) is 0 Å². The second-order valence-electron chi connectivity index (χ2n) is 9.25. The minimum Gasteiger partial charge on any atom is -0.504 e. The molecule has 1 amide bonds. The molecule has 3 heterocycles. The van der Waals surface area contributed by atoms with Gasteiger partial charge in [0.15, 0.2) is 17.3 Å². The Balaban J connectivity index is 1.49. The molecular weight excluding hydrogens is 444 g/mol. The van der Waals surface area contributed by atoms with E-state index in [1.165, 1.54) is 0 Å². The average Bonchev–Trinajstić information content (AvgIpc) is 3.15. The Labute approximate surface area is 206 Å². The van der Waals surface area contributed by atoms with Crippen LogP contribution in [0.1, 0.15) is 60.8 Å². The zero-order chi connectivity index (χ0) is 24.8. The van der Waals surface area contributed by atoms with Crippen molar-refractivity contribution >= 4 is 5.91 Å². The number of phenols is 1. The number of nitrogens with one attached hydrogen (secondary N) is 1. The summed E-state index contributed by atoms with van der Waals surface area (Å²) in [5.74, 6) is 2.62. The molecule has 1 aliphatic rings. The van der Waals surface area contributed by atoms with Gasteiger partial charge in [-0.25, -0.2) is 0 Å². The second kappa shape index (κ2) is 11.3. The van der Waals surface area contributed by atoms with Gasteiger partial charge in [-0.15, -0.1) is 10.2 Å². The van der Waals surface area contributed by atoms with E-state index in [0.717, 1.165) is 43.1 Å². The standard InChI is InChI=1S/C26H34N6O3/c1-4-35-22-9-5-7-20(24(22)33)17-31-12-10-23-29-30-25(32(23)14-13-31)21(15-18(2)3)28-26(34)19-8-6-11-27-16-19/h5-9,11,16,18,21,33H,4,10,12-15,17H2,1-3H3,(H,28,34). The summed E-state index contributed by atoms with van der Waals surface area (Å²) in [5, 5.41) is 22.7. The number of carbonyl (C=O) groups is 1. The number of amides is 1. The molecule has 0 bridgehead atoms. The van der Waals surface area contributed by atoms with Crippen LogP contribution in [0.2, 0.25) is 0 Å². The van der Waals surface area contributed by atoms with Crippen molar-refractivity contribution in [2.75, 3.05) is 19.7 Å². The quantitative estimate of drug-likeness (QED) is 0.486. The van der Waals surface area contributed by atoms with Gasteiger partial charge in [0.05, 0.1) is 18.2 Å². The van der Waals surface area contributed by atoms with Gasteiger partial charge in [0.1, 0.15) is 5.82 Å². The fourth-order valence-corrected chi connectivity index (χ4v) is 4.45. The van der Waals surface area contributed by atoms with Crippen molar-refractivity contribution in [3.63, 3.8) is 0 Å². The van der Waals surface area contributed by atoms with Gasteiger partial charge >= 0.3 is 0 Å². The Bertz CT molecular complexity index is 1130. The van der Waals surface area contributed by atoms with Crippen LogP contribution in [0.15, 0.2) is 42.7 Å². The van der Waals surface area contributed by atoms with Gasteiger partial charge in [-0.2, -0.15) is 0 Å². The van der Waals surface area contributed by atoms with Crippen molar-refractivity contribution in [3.05, 3.63) is 65.5 Å². The number of hydrogen-bond acceptors (Lipinski definition) is 7. The largest absolute Gasteiger partial charge is 0.504 e. The molecule has 0 radical (unpaired) electrons. The van der Waals surface area contributed by atoms with E-state index >= 15 is 0 Å². The number of carbonyl (C=O) groups excluding carboxylic acids is 1. The number of nitrogens with zero attached hydrogens (tertiary/aromatic N) is 5. The maximum absolute atomic E-state index is 12.9. The summed E-state index contributed by atoms with van der Waals surface area (Å²) in [6.07, 6.45) is 4.72. The molecule has 9 heteroatoms. The lowest BCUT2D eigenvalue weighted by Gasteiger charge is -2.23. The van der Waals surface area contributed by atoms with E-state index in [9.17, 15) is 9.90 Å². The number of aromatic hydroxyl groups is 1. The first kappa shape index (κ1) is 24.7. The molecule has 2 N–H and O–H groups in total. The summed E-state index contributed by atoms with van der Waals surface area (Å²) in [7, 11) is 0. The molecule has 3 aromatic rings. The molecule has 2 aromatic heterocycles. The normalized spacial score (nSPS) is 14.9. The van der Waals surface area contributed by atoms with Crippen molar-refractivity contribution in [1.29, 1.82) is 0 Å². The number of phenolic OH excluding ortho intramolecular Hbond substituents is 1. The number of benzene rings is 1. The minimum atomic E-state index is -0.248. The van der Waals surface area contributed by atoms with Gasteiger partial charge in [-0.1, -0.05) is 26.0 Å². The van der Waals surface area contributed by atoms with Gasteiger partial charge in [0, 0.05) is 50.6 Å². The predicted octanol–water partition coefficient (Wildman–Crippen LogP) is 3.35. The lowest BCUT2D eigenvalue weighted by Crippen LogP contribution is -2.32. The van der Waals surface area contributed by atoms with Gasteiger partial charge in [-0.3, -0.25) is 14.7 Å². The first-order valence-corrected chi connectivity index (χ1v) is 12.2. The zero-order valence-corrected chi connectivity index (χ0v) is 20.6. The third-order valence-corrected chi connectivity index (χ3v) is 6.17. The van der Waals surface area contributed by atoms with E-state index < -0.39 is 0 Å². The fourth-order valence-electron chi connectivity index (χ4n) is 4.45. The lowest BCUT2D eigenvalue weighted by atomic mass is 10.0. The Hall–Kier alpha value is -3.46. The highest BCUT2D eigenvalue weighted by Crippen LogP contribution is 2.31. The van der Waals surface area contributed by atoms with Gasteiger partial charge in [0.25, 0.3) is 5.91 Å². The highest BCUT2D eigenvalue weighted by molar-refractivity contribution is 5.94. The van der Waals surface area contributed by atoms with Crippen LogP contribution in [0.25, 0.3) is 0 Å². The number of hydrogen-bond donors (Lipinski definition) is 2. The van der Waals surface area contributed by atoms with Gasteiger partial charge < -0.3 is 19.7 Å². The lowest BCUT2D eigenvalue weighted by molar-refractivity contribution is 0.0928. The molecule has 0 saturated heterocycles. The molecule has 186 valence electrons. The number of ether oxygens (including phenoxy) is 1. The average molecular weight is 479 g/mol. The number of aromatic nitrogens is 4. The summed E-state index contributed by atoms with van der Waals surface area (Å²) in [4.78, 5) is 19.2. The van der Waals surface area contributed by atoms with Crippen molar-refractivity contribution in [2.24, 2.45) is 5.92 Å². The van der Waals surface area contributed by atoms with E-state index in [1.54, 1.807) is 30.6 Å². The van der Waals surface area contributed by atoms with Crippen LogP contribution in [0.5, 0.6) is 11.5 Å². The molecule has 1 aliphatic heterocycles. The maximum atomic E-state index is 12.9. The third-order valence-electron chi connectivity index (χ3n) is 6.17. The van der Waals surface area contributed by atoms with Crippen molar-refractivity contribution in [3.8, 4) is 11.5 Å². The summed E-state index contributed by atoms with van der Waals surface area (Å²) < 4.78 is 7.68. The molecule has 0 aliphatic carbocycles. The summed E-state index contributed by atoms with van der Waals surface area (Å²) >= 11 is 0. The van der Waals surface area contributed by atoms with Crippen LogP contribution in [0.4, 0.5) is 0 Å². The van der Waals surface area contributed by atoms with Crippen LogP contribution < -0.4 is 10.1 Å². The van der Waals surface area contributed by atoms with Gasteiger partial charge in [-0.05, 0) is 37.5 Å². The van der Waals surface area contributed by atoms with Crippen molar-refractivity contribution in [2.45, 2.75) is 52.7 Å². The molecule has 1 aromatic carbocycles. The predicted molar refractivity (Wildman–Crippen MR) is 132 cm³/mol. The minimum absolute atomic E-state index is 0.166. The van der Waals surface area contributed by atoms with Gasteiger partial charge in [0.2, 0.25) is 0 Å². The molecule has 0 saturated carbocycles. The van der Waals surface area contributed by atoms with E-state index in [4.69, 9.17) is 4.74 Å². The topological polar surface area (TPSA) is 105 Å². The van der Waals surface area contributed by atoms with Crippen LogP contribution >= 0.6 is 0 Å². The monoisotopic (exact) mass is 478 g/mol.